The summed E-state index contributed by atoms with van der Waals surface area (Å²) < 4.78 is 52.5. The van der Waals surface area contributed by atoms with Crippen molar-refractivity contribution in [1.29, 1.82) is 5.41 Å². The molecule has 4 aromatic rings. The second-order valence-electron chi connectivity index (χ2n) is 9.28. The van der Waals surface area contributed by atoms with Gasteiger partial charge in [0.2, 0.25) is 6.29 Å². The van der Waals surface area contributed by atoms with E-state index in [4.69, 9.17) is 14.9 Å². The van der Waals surface area contributed by atoms with Crippen molar-refractivity contribution < 1.29 is 43.1 Å². The van der Waals surface area contributed by atoms with Gasteiger partial charge in [0.15, 0.2) is 16.7 Å². The Morgan fingerprint density at radius 2 is 1.73 bits per heavy atom. The van der Waals surface area contributed by atoms with Gasteiger partial charge < -0.3 is 29.9 Å². The second kappa shape index (κ2) is 11.0. The Morgan fingerprint density at radius 3 is 2.37 bits per heavy atom. The van der Waals surface area contributed by atoms with Crippen LogP contribution < -0.4 is 10.2 Å². The summed E-state index contributed by atoms with van der Waals surface area (Å²) in [6.45, 7) is 1.07. The van der Waals surface area contributed by atoms with Crippen LogP contribution in [-0.2, 0) is 10.9 Å². The van der Waals surface area contributed by atoms with Gasteiger partial charge in [-0.25, -0.2) is 14.6 Å². The van der Waals surface area contributed by atoms with Crippen LogP contribution >= 0.6 is 0 Å². The minimum absolute atomic E-state index is 0.0948. The highest BCUT2D eigenvalue weighted by molar-refractivity contribution is 5.80. The third kappa shape index (κ3) is 5.57. The minimum Gasteiger partial charge on any atom is -0.462 e. The van der Waals surface area contributed by atoms with Gasteiger partial charge in [0.25, 0.3) is 0 Å². The smallest absolute Gasteiger partial charge is 0.416 e. The van der Waals surface area contributed by atoms with Crippen molar-refractivity contribution in [3.05, 3.63) is 77.3 Å². The number of aliphatic hydroxyl groups is 4. The fourth-order valence-electron chi connectivity index (χ4n) is 4.33. The molecule has 1 aliphatic rings. The first-order valence-electron chi connectivity index (χ1n) is 12.3. The summed E-state index contributed by atoms with van der Waals surface area (Å²) in [7, 11) is 0. The molecule has 0 spiro atoms. The van der Waals surface area contributed by atoms with Crippen LogP contribution in [0.2, 0.25) is 0 Å². The standard InChI is InChI=1S/C26H25F3N6O6/c1-13-33-19-23(30)34(12-31-24(19)35(13)16-6-4-15(5-7-16)26(27,28)29)32-10-14-2-8-17(9-3-14)40-25-22(39)21(38)20(37)18(11-36)41-25/h2-10,12,18,20-22,25,30,36-39H,11H2,1H3/b30-23?,32-10-. The first-order valence-corrected chi connectivity index (χ1v) is 12.3. The SMILES string of the molecule is Cc1nc2c(=N)n(/N=C\c3ccc(OC4OC(CO)C(O)C(O)C4O)cc3)cnc2n1-c1ccc(C(F)(F)F)cc1. The van der Waals surface area contributed by atoms with E-state index in [1.54, 1.807) is 35.8 Å². The first kappa shape index (κ1) is 28.4. The van der Waals surface area contributed by atoms with E-state index >= 15 is 0 Å². The molecular weight excluding hydrogens is 549 g/mol. The van der Waals surface area contributed by atoms with Gasteiger partial charge in [0, 0.05) is 5.69 Å². The molecule has 12 nitrogen and oxygen atoms in total. The topological polar surface area (TPSA) is 171 Å². The lowest BCUT2D eigenvalue weighted by Gasteiger charge is -2.39. The number of aryl methyl sites for hydroxylation is 1. The Kier molecular flexibility index (Phi) is 7.63. The summed E-state index contributed by atoms with van der Waals surface area (Å²) in [5, 5.41) is 52.0. The van der Waals surface area contributed by atoms with Crippen LogP contribution in [0.15, 0.2) is 60.0 Å². The largest absolute Gasteiger partial charge is 0.462 e. The van der Waals surface area contributed by atoms with Crippen LogP contribution in [0, 0.1) is 12.3 Å². The molecule has 15 heteroatoms. The molecule has 1 saturated heterocycles. The van der Waals surface area contributed by atoms with Gasteiger partial charge in [0.05, 0.1) is 18.4 Å². The van der Waals surface area contributed by atoms with Gasteiger partial charge >= 0.3 is 6.18 Å². The fraction of sp³-hybridized carbons (Fsp3) is 0.308. The summed E-state index contributed by atoms with van der Waals surface area (Å²) in [6, 6.07) is 10.9. The lowest BCUT2D eigenvalue weighted by atomic mass is 9.99. The maximum atomic E-state index is 12.9. The minimum atomic E-state index is -4.46. The van der Waals surface area contributed by atoms with E-state index < -0.39 is 49.1 Å². The zero-order chi connectivity index (χ0) is 29.5. The van der Waals surface area contributed by atoms with Crippen LogP contribution in [0.3, 0.4) is 0 Å². The van der Waals surface area contributed by atoms with Crippen molar-refractivity contribution >= 4 is 17.4 Å². The predicted octanol–water partition coefficient (Wildman–Crippen LogP) is 1.09. The van der Waals surface area contributed by atoms with Gasteiger partial charge in [-0.1, -0.05) is 0 Å². The number of ether oxygens (including phenoxy) is 2. The van der Waals surface area contributed by atoms with Gasteiger partial charge in [-0.3, -0.25) is 9.98 Å². The van der Waals surface area contributed by atoms with E-state index in [1.165, 1.54) is 29.4 Å². The Labute approximate surface area is 229 Å². The van der Waals surface area contributed by atoms with E-state index in [2.05, 4.69) is 15.1 Å². The lowest BCUT2D eigenvalue weighted by molar-refractivity contribution is -0.277. The Balaban J connectivity index is 1.33. The molecule has 3 heterocycles. The maximum Gasteiger partial charge on any atom is 0.416 e. The summed E-state index contributed by atoms with van der Waals surface area (Å²) in [5.41, 5.74) is 0.626. The highest BCUT2D eigenvalue weighted by Crippen LogP contribution is 2.30. The van der Waals surface area contributed by atoms with Gasteiger partial charge in [-0.05, 0) is 61.0 Å². The summed E-state index contributed by atoms with van der Waals surface area (Å²) in [4.78, 5) is 8.70. The van der Waals surface area contributed by atoms with Crippen LogP contribution in [0.25, 0.3) is 16.9 Å². The Morgan fingerprint density at radius 1 is 1.05 bits per heavy atom. The van der Waals surface area contributed by atoms with E-state index in [9.17, 15) is 33.6 Å². The molecule has 5 N–H and O–H groups in total. The molecule has 2 aromatic heterocycles. The van der Waals surface area contributed by atoms with Crippen molar-refractivity contribution in [2.24, 2.45) is 5.10 Å². The number of imidazole rings is 1. The third-order valence-corrected chi connectivity index (χ3v) is 6.53. The van der Waals surface area contributed by atoms with E-state index in [1.807, 2.05) is 0 Å². The number of nitrogens with zero attached hydrogens (tertiary/aromatic N) is 5. The van der Waals surface area contributed by atoms with Gasteiger partial charge in [0.1, 0.15) is 42.3 Å². The number of aromatic nitrogens is 4. The molecule has 216 valence electrons. The zero-order valence-corrected chi connectivity index (χ0v) is 21.3. The quantitative estimate of drug-likeness (QED) is 0.213. The Hall–Kier alpha value is -4.15. The molecule has 5 unspecified atom stereocenters. The number of alkyl halides is 3. The van der Waals surface area contributed by atoms with Gasteiger partial charge in [-0.15, -0.1) is 0 Å². The monoisotopic (exact) mass is 574 g/mol. The van der Waals surface area contributed by atoms with E-state index in [-0.39, 0.29) is 22.4 Å². The number of aliphatic hydroxyl groups excluding tert-OH is 4. The van der Waals surface area contributed by atoms with Crippen molar-refractivity contribution in [3.63, 3.8) is 0 Å². The number of halogens is 3. The number of hydrogen-bond donors (Lipinski definition) is 5. The predicted molar refractivity (Wildman–Crippen MR) is 136 cm³/mol. The summed E-state index contributed by atoms with van der Waals surface area (Å²) >= 11 is 0. The zero-order valence-electron chi connectivity index (χ0n) is 21.3. The van der Waals surface area contributed by atoms with Crippen molar-refractivity contribution in [2.75, 3.05) is 6.61 Å². The highest BCUT2D eigenvalue weighted by atomic mass is 19.4. The molecule has 0 aliphatic carbocycles. The number of fused-ring (bicyclic) bond motifs is 1. The molecule has 5 atom stereocenters. The normalized spacial score (nSPS) is 23.4. The number of nitrogens with one attached hydrogen (secondary N) is 1. The second-order valence-corrected chi connectivity index (χ2v) is 9.28. The van der Waals surface area contributed by atoms with E-state index in [0.717, 1.165) is 12.1 Å². The van der Waals surface area contributed by atoms with E-state index in [0.29, 0.717) is 17.1 Å². The summed E-state index contributed by atoms with van der Waals surface area (Å²) in [5.74, 6) is 0.699. The summed E-state index contributed by atoms with van der Waals surface area (Å²) in [6.07, 6.45) is -8.75. The molecule has 5 rings (SSSR count). The first-order chi connectivity index (χ1) is 19.5. The average molecular weight is 575 g/mol. The van der Waals surface area contributed by atoms with Crippen LogP contribution in [0.4, 0.5) is 13.2 Å². The average Bonchev–Trinajstić information content (AvgIpc) is 3.30. The van der Waals surface area contributed by atoms with Crippen LogP contribution in [0.1, 0.15) is 17.0 Å². The molecule has 0 radical (unpaired) electrons. The lowest BCUT2D eigenvalue weighted by Crippen LogP contribution is -2.60. The molecule has 0 bridgehead atoms. The van der Waals surface area contributed by atoms with Crippen LogP contribution in [0.5, 0.6) is 5.75 Å². The van der Waals surface area contributed by atoms with Crippen molar-refractivity contribution in [1.82, 2.24) is 19.2 Å². The molecule has 41 heavy (non-hydrogen) atoms. The maximum absolute atomic E-state index is 12.9. The number of benzene rings is 2. The molecular formula is C26H25F3N6O6. The third-order valence-electron chi connectivity index (χ3n) is 6.53. The Bertz CT molecular complexity index is 1620. The number of hydrogen-bond acceptors (Lipinski definition) is 10. The van der Waals surface area contributed by atoms with Crippen molar-refractivity contribution in [3.8, 4) is 11.4 Å². The molecule has 1 aliphatic heterocycles. The molecule has 1 fully saturated rings. The highest BCUT2D eigenvalue weighted by Gasteiger charge is 2.44. The van der Waals surface area contributed by atoms with Crippen LogP contribution in [-0.4, -0.2) is 83.2 Å². The van der Waals surface area contributed by atoms with Crippen molar-refractivity contribution in [2.45, 2.75) is 43.8 Å². The molecule has 0 saturated carbocycles. The molecule has 0 amide bonds. The van der Waals surface area contributed by atoms with Gasteiger partial charge in [-0.2, -0.15) is 18.3 Å². The molecule has 2 aromatic carbocycles. The fourth-order valence-corrected chi connectivity index (χ4v) is 4.33. The number of rotatable bonds is 6.